The molecule has 0 amide bonds. The molecule has 21 heavy (non-hydrogen) atoms. The van der Waals surface area contributed by atoms with Crippen molar-refractivity contribution in [3.63, 3.8) is 0 Å². The molecule has 0 atom stereocenters. The Morgan fingerprint density at radius 3 is 2.14 bits per heavy atom. The van der Waals surface area contributed by atoms with Crippen molar-refractivity contribution < 1.29 is 23.7 Å². The highest BCUT2D eigenvalue weighted by atomic mass is 16.6. The minimum atomic E-state index is -0.356. The number of esters is 1. The molecule has 116 valence electrons. The van der Waals surface area contributed by atoms with Crippen molar-refractivity contribution in [2.75, 3.05) is 46.8 Å². The first-order valence-corrected chi connectivity index (χ1v) is 6.82. The molecule has 1 aromatic rings. The van der Waals surface area contributed by atoms with Crippen LogP contribution in [0.5, 0.6) is 0 Å². The second-order valence-corrected chi connectivity index (χ2v) is 4.18. The molecule has 0 fully saturated rings. The Balaban J connectivity index is 2.06. The first kappa shape index (κ1) is 17.4. The molecule has 5 heteroatoms. The number of rotatable bonds is 11. The van der Waals surface area contributed by atoms with E-state index in [9.17, 15) is 4.79 Å². The van der Waals surface area contributed by atoms with Crippen LogP contribution in [0.4, 0.5) is 0 Å². The summed E-state index contributed by atoms with van der Waals surface area (Å²) in [4.78, 5) is 11.7. The van der Waals surface area contributed by atoms with E-state index >= 15 is 0 Å². The largest absolute Gasteiger partial charge is 0.460 e. The Morgan fingerprint density at radius 1 is 1.00 bits per heavy atom. The van der Waals surface area contributed by atoms with Gasteiger partial charge in [-0.05, 0) is 17.7 Å². The average molecular weight is 294 g/mol. The van der Waals surface area contributed by atoms with E-state index < -0.39 is 0 Å². The van der Waals surface area contributed by atoms with E-state index in [-0.39, 0.29) is 12.6 Å². The van der Waals surface area contributed by atoms with Crippen molar-refractivity contribution in [3.8, 4) is 0 Å². The van der Waals surface area contributed by atoms with Gasteiger partial charge in [-0.25, -0.2) is 4.79 Å². The molecule has 0 bridgehead atoms. The van der Waals surface area contributed by atoms with Crippen LogP contribution in [0.2, 0.25) is 0 Å². The maximum absolute atomic E-state index is 11.7. The molecule has 0 heterocycles. The second-order valence-electron chi connectivity index (χ2n) is 4.18. The van der Waals surface area contributed by atoms with Crippen LogP contribution in [-0.2, 0) is 18.9 Å². The highest BCUT2D eigenvalue weighted by Gasteiger charge is 2.05. The van der Waals surface area contributed by atoms with E-state index in [2.05, 4.69) is 6.58 Å². The second kappa shape index (κ2) is 11.0. The van der Waals surface area contributed by atoms with E-state index in [0.717, 1.165) is 5.56 Å². The van der Waals surface area contributed by atoms with E-state index in [1.165, 1.54) is 0 Å². The Morgan fingerprint density at radius 2 is 1.57 bits per heavy atom. The summed E-state index contributed by atoms with van der Waals surface area (Å²) in [6, 6.07) is 7.06. The lowest BCUT2D eigenvalue weighted by Crippen LogP contribution is -2.13. The van der Waals surface area contributed by atoms with Gasteiger partial charge in [-0.2, -0.15) is 0 Å². The zero-order valence-electron chi connectivity index (χ0n) is 12.4. The molecular formula is C16H22O5. The molecule has 0 saturated carbocycles. The van der Waals surface area contributed by atoms with Gasteiger partial charge in [-0.1, -0.05) is 24.8 Å². The lowest BCUT2D eigenvalue weighted by Gasteiger charge is -2.07. The third kappa shape index (κ3) is 7.60. The number of benzene rings is 1. The topological polar surface area (TPSA) is 54.0 Å². The Bertz CT molecular complexity index is 413. The number of hydrogen-bond acceptors (Lipinski definition) is 5. The molecule has 5 nitrogen and oxygen atoms in total. The van der Waals surface area contributed by atoms with Gasteiger partial charge in [-0.15, -0.1) is 0 Å². The Kier molecular flexibility index (Phi) is 9.11. The third-order valence-corrected chi connectivity index (χ3v) is 2.65. The molecular weight excluding hydrogens is 272 g/mol. The number of ether oxygens (including phenoxy) is 4. The number of carbonyl (C=O) groups excluding carboxylic acids is 1. The van der Waals surface area contributed by atoms with Gasteiger partial charge in [-0.3, -0.25) is 0 Å². The van der Waals surface area contributed by atoms with Crippen LogP contribution < -0.4 is 0 Å². The zero-order valence-corrected chi connectivity index (χ0v) is 12.4. The van der Waals surface area contributed by atoms with Gasteiger partial charge in [0.25, 0.3) is 0 Å². The molecule has 0 aromatic heterocycles. The van der Waals surface area contributed by atoms with Gasteiger partial charge < -0.3 is 18.9 Å². The SMILES string of the molecule is C=Cc1ccc(C(=O)OCCOCCOCCOC)cc1. The summed E-state index contributed by atoms with van der Waals surface area (Å²) in [6.45, 7) is 6.32. The van der Waals surface area contributed by atoms with Crippen molar-refractivity contribution in [2.45, 2.75) is 0 Å². The minimum absolute atomic E-state index is 0.222. The average Bonchev–Trinajstić information content (AvgIpc) is 2.53. The van der Waals surface area contributed by atoms with E-state index in [0.29, 0.717) is 38.6 Å². The Labute approximate surface area is 125 Å². The summed E-state index contributed by atoms with van der Waals surface area (Å²) in [5, 5.41) is 0. The van der Waals surface area contributed by atoms with Gasteiger partial charge in [0, 0.05) is 7.11 Å². The molecule has 0 radical (unpaired) electrons. The predicted molar refractivity (Wildman–Crippen MR) is 80.3 cm³/mol. The van der Waals surface area contributed by atoms with Gasteiger partial charge in [0.2, 0.25) is 0 Å². The van der Waals surface area contributed by atoms with Gasteiger partial charge in [0.15, 0.2) is 0 Å². The van der Waals surface area contributed by atoms with Crippen molar-refractivity contribution in [2.24, 2.45) is 0 Å². The maximum atomic E-state index is 11.7. The standard InChI is InChI=1S/C16H22O5/c1-3-14-4-6-15(7-5-14)16(17)21-13-12-20-11-10-19-9-8-18-2/h3-7H,1,8-13H2,2H3. The van der Waals surface area contributed by atoms with Gasteiger partial charge in [0.1, 0.15) is 6.61 Å². The molecule has 1 aromatic carbocycles. The van der Waals surface area contributed by atoms with Crippen LogP contribution in [0.25, 0.3) is 6.08 Å². The van der Waals surface area contributed by atoms with Crippen molar-refractivity contribution in [1.82, 2.24) is 0 Å². The first-order valence-electron chi connectivity index (χ1n) is 6.82. The quantitative estimate of drug-likeness (QED) is 0.462. The molecule has 0 aliphatic heterocycles. The highest BCUT2D eigenvalue weighted by molar-refractivity contribution is 5.89. The van der Waals surface area contributed by atoms with Crippen molar-refractivity contribution in [3.05, 3.63) is 42.0 Å². The van der Waals surface area contributed by atoms with Crippen LogP contribution in [-0.4, -0.2) is 52.7 Å². The third-order valence-electron chi connectivity index (χ3n) is 2.65. The van der Waals surface area contributed by atoms with Gasteiger partial charge >= 0.3 is 5.97 Å². The molecule has 0 saturated heterocycles. The van der Waals surface area contributed by atoms with Crippen LogP contribution in [0.3, 0.4) is 0 Å². The van der Waals surface area contributed by atoms with Crippen molar-refractivity contribution in [1.29, 1.82) is 0 Å². The fourth-order valence-corrected chi connectivity index (χ4v) is 1.50. The fourth-order valence-electron chi connectivity index (χ4n) is 1.50. The Hall–Kier alpha value is -1.69. The van der Waals surface area contributed by atoms with Crippen LogP contribution in [0, 0.1) is 0 Å². The van der Waals surface area contributed by atoms with Gasteiger partial charge in [0.05, 0.1) is 38.6 Å². The minimum Gasteiger partial charge on any atom is -0.460 e. The predicted octanol–water partition coefficient (Wildman–Crippen LogP) is 2.17. The zero-order chi connectivity index (χ0) is 15.3. The van der Waals surface area contributed by atoms with E-state index in [1.807, 2.05) is 12.1 Å². The molecule has 0 spiro atoms. The normalized spacial score (nSPS) is 10.3. The summed E-state index contributed by atoms with van der Waals surface area (Å²) in [5.74, 6) is -0.356. The summed E-state index contributed by atoms with van der Waals surface area (Å²) in [6.07, 6.45) is 1.72. The first-order chi connectivity index (χ1) is 10.3. The van der Waals surface area contributed by atoms with E-state index in [4.69, 9.17) is 18.9 Å². The monoisotopic (exact) mass is 294 g/mol. The number of carbonyl (C=O) groups is 1. The summed E-state index contributed by atoms with van der Waals surface area (Å²) in [7, 11) is 1.62. The fraction of sp³-hybridized carbons (Fsp3) is 0.438. The van der Waals surface area contributed by atoms with Crippen LogP contribution >= 0.6 is 0 Å². The molecule has 0 aliphatic rings. The smallest absolute Gasteiger partial charge is 0.338 e. The molecule has 0 unspecified atom stereocenters. The van der Waals surface area contributed by atoms with E-state index in [1.54, 1.807) is 25.3 Å². The number of methoxy groups -OCH3 is 1. The maximum Gasteiger partial charge on any atom is 0.338 e. The summed E-state index contributed by atoms with van der Waals surface area (Å²) in [5.41, 5.74) is 1.48. The highest BCUT2D eigenvalue weighted by Crippen LogP contribution is 2.06. The van der Waals surface area contributed by atoms with Crippen LogP contribution in [0.15, 0.2) is 30.8 Å². The molecule has 0 N–H and O–H groups in total. The van der Waals surface area contributed by atoms with Crippen LogP contribution in [0.1, 0.15) is 15.9 Å². The molecule has 0 aliphatic carbocycles. The molecule has 1 rings (SSSR count). The lowest BCUT2D eigenvalue weighted by atomic mass is 10.1. The lowest BCUT2D eigenvalue weighted by molar-refractivity contribution is 0.00570. The summed E-state index contributed by atoms with van der Waals surface area (Å²) >= 11 is 0. The number of hydrogen-bond donors (Lipinski definition) is 0. The van der Waals surface area contributed by atoms with Crippen molar-refractivity contribution >= 4 is 12.0 Å². The summed E-state index contributed by atoms with van der Waals surface area (Å²) < 4.78 is 20.4.